The lowest BCUT2D eigenvalue weighted by atomic mass is 9.66. The van der Waals surface area contributed by atoms with E-state index in [-0.39, 0.29) is 0 Å². The minimum atomic E-state index is 0.583. The van der Waals surface area contributed by atoms with Gasteiger partial charge in [-0.2, -0.15) is 0 Å². The van der Waals surface area contributed by atoms with Gasteiger partial charge >= 0.3 is 0 Å². The van der Waals surface area contributed by atoms with Gasteiger partial charge in [-0.25, -0.2) is 0 Å². The topological polar surface area (TPSA) is 38.0 Å². The highest BCUT2D eigenvalue weighted by molar-refractivity contribution is 4.87. The van der Waals surface area contributed by atoms with Crippen molar-refractivity contribution in [3.8, 4) is 0 Å². The average Bonchev–Trinajstić information content (AvgIpc) is 2.50. The first-order chi connectivity index (χ1) is 9.85. The lowest BCUT2D eigenvalue weighted by molar-refractivity contribution is 0.106. The van der Waals surface area contributed by atoms with Crippen LogP contribution in [0.25, 0.3) is 0 Å². The van der Waals surface area contributed by atoms with Gasteiger partial charge in [0.2, 0.25) is 0 Å². The number of unbranched alkanes of at least 4 members (excludes halogenated alkanes) is 4. The van der Waals surface area contributed by atoms with Crippen molar-refractivity contribution in [2.24, 2.45) is 23.6 Å². The predicted octanol–water partition coefficient (Wildman–Crippen LogP) is 4.79. The molecule has 20 heavy (non-hydrogen) atoms. The van der Waals surface area contributed by atoms with Gasteiger partial charge in [-0.15, -0.1) is 0 Å². The molecule has 0 bridgehead atoms. The zero-order valence-electron chi connectivity index (χ0n) is 13.6. The molecule has 118 valence electrons. The molecule has 0 aromatic rings. The number of hydrogen-bond acceptors (Lipinski definition) is 2. The minimum Gasteiger partial charge on any atom is -0.271 e. The zero-order valence-corrected chi connectivity index (χ0v) is 13.6. The normalized spacial score (nSPS) is 31.8. The summed E-state index contributed by atoms with van der Waals surface area (Å²) in [5, 5.41) is 0. The van der Waals surface area contributed by atoms with E-state index < -0.39 is 0 Å². The van der Waals surface area contributed by atoms with Crippen molar-refractivity contribution in [3.05, 3.63) is 0 Å². The molecule has 0 aromatic carbocycles. The number of fused-ring (bicyclic) bond motifs is 1. The summed E-state index contributed by atoms with van der Waals surface area (Å²) < 4.78 is 0. The Hall–Kier alpha value is -0.0800. The first-order valence-corrected chi connectivity index (χ1v) is 9.31. The molecule has 2 aliphatic rings. The van der Waals surface area contributed by atoms with Gasteiger partial charge in [0.1, 0.15) is 0 Å². The third-order valence-electron chi connectivity index (χ3n) is 5.98. The molecular formula is C18H36N2. The standard InChI is InChI=1S/C18H36N2/c1-2-3-4-5-6-11-18(20-19)17-13-12-15-9-7-8-10-16(15)14-17/h15-18,20H,2-14,19H2,1H3. The smallest absolute Gasteiger partial charge is 0.0238 e. The molecule has 2 saturated carbocycles. The molecule has 0 radical (unpaired) electrons. The van der Waals surface area contributed by atoms with E-state index in [1.54, 1.807) is 0 Å². The molecule has 3 N–H and O–H groups in total. The Balaban J connectivity index is 1.70. The van der Waals surface area contributed by atoms with Crippen molar-refractivity contribution >= 4 is 0 Å². The van der Waals surface area contributed by atoms with Crippen LogP contribution in [0.3, 0.4) is 0 Å². The van der Waals surface area contributed by atoms with Crippen LogP contribution in [0.1, 0.15) is 90.4 Å². The molecule has 0 aromatic heterocycles. The molecule has 4 atom stereocenters. The fourth-order valence-electron chi connectivity index (χ4n) is 4.70. The lowest BCUT2D eigenvalue weighted by Crippen LogP contribution is -2.44. The van der Waals surface area contributed by atoms with Crippen LogP contribution in [0.4, 0.5) is 0 Å². The molecule has 2 heteroatoms. The first-order valence-electron chi connectivity index (χ1n) is 9.31. The Kier molecular flexibility index (Phi) is 7.37. The van der Waals surface area contributed by atoms with Crippen LogP contribution in [-0.2, 0) is 0 Å². The largest absolute Gasteiger partial charge is 0.271 e. The summed E-state index contributed by atoms with van der Waals surface area (Å²) in [7, 11) is 0. The van der Waals surface area contributed by atoms with Gasteiger partial charge in [0, 0.05) is 6.04 Å². The average molecular weight is 280 g/mol. The summed E-state index contributed by atoms with van der Waals surface area (Å²) >= 11 is 0. The van der Waals surface area contributed by atoms with Crippen LogP contribution in [0.15, 0.2) is 0 Å². The van der Waals surface area contributed by atoms with E-state index in [1.165, 1.54) is 83.5 Å². The molecule has 0 amide bonds. The molecule has 0 saturated heterocycles. The summed E-state index contributed by atoms with van der Waals surface area (Å²) in [5.41, 5.74) is 3.16. The fourth-order valence-corrected chi connectivity index (χ4v) is 4.70. The number of nitrogens with one attached hydrogen (secondary N) is 1. The second kappa shape index (κ2) is 9.04. The van der Waals surface area contributed by atoms with Gasteiger partial charge in [0.15, 0.2) is 0 Å². The van der Waals surface area contributed by atoms with E-state index in [1.807, 2.05) is 0 Å². The number of hydrazine groups is 1. The van der Waals surface area contributed by atoms with E-state index in [9.17, 15) is 0 Å². The zero-order chi connectivity index (χ0) is 14.2. The highest BCUT2D eigenvalue weighted by Crippen LogP contribution is 2.43. The van der Waals surface area contributed by atoms with Gasteiger partial charge in [-0.05, 0) is 43.4 Å². The van der Waals surface area contributed by atoms with E-state index in [2.05, 4.69) is 12.3 Å². The molecule has 0 spiro atoms. The van der Waals surface area contributed by atoms with Crippen LogP contribution in [0.5, 0.6) is 0 Å². The molecule has 4 unspecified atom stereocenters. The Labute approximate surface area is 126 Å². The van der Waals surface area contributed by atoms with E-state index in [0.29, 0.717) is 6.04 Å². The third-order valence-corrected chi connectivity index (χ3v) is 5.98. The molecule has 2 rings (SSSR count). The number of nitrogens with two attached hydrogens (primary N) is 1. The van der Waals surface area contributed by atoms with Crippen molar-refractivity contribution in [2.45, 2.75) is 96.4 Å². The highest BCUT2D eigenvalue weighted by atomic mass is 15.2. The molecular weight excluding hydrogens is 244 g/mol. The summed E-state index contributed by atoms with van der Waals surface area (Å²) in [6.07, 6.45) is 18.5. The second-order valence-corrected chi connectivity index (χ2v) is 7.35. The Morgan fingerprint density at radius 1 is 0.950 bits per heavy atom. The summed E-state index contributed by atoms with van der Waals surface area (Å²) in [6.45, 7) is 2.28. The molecule has 0 heterocycles. The third kappa shape index (κ3) is 4.73. The summed E-state index contributed by atoms with van der Waals surface area (Å²) in [6, 6.07) is 0.583. The Bertz CT molecular complexity index is 254. The summed E-state index contributed by atoms with van der Waals surface area (Å²) in [4.78, 5) is 0. The van der Waals surface area contributed by atoms with Gasteiger partial charge in [0.25, 0.3) is 0 Å². The van der Waals surface area contributed by atoms with Crippen LogP contribution >= 0.6 is 0 Å². The molecule has 2 fully saturated rings. The maximum absolute atomic E-state index is 5.86. The van der Waals surface area contributed by atoms with Gasteiger partial charge < -0.3 is 0 Å². The summed E-state index contributed by atoms with van der Waals surface area (Å²) in [5.74, 6) is 8.80. The van der Waals surface area contributed by atoms with Gasteiger partial charge in [-0.1, -0.05) is 64.7 Å². The van der Waals surface area contributed by atoms with E-state index >= 15 is 0 Å². The molecule has 2 nitrogen and oxygen atoms in total. The van der Waals surface area contributed by atoms with Crippen molar-refractivity contribution in [3.63, 3.8) is 0 Å². The Morgan fingerprint density at radius 2 is 1.70 bits per heavy atom. The quantitative estimate of drug-likeness (QED) is 0.381. The maximum atomic E-state index is 5.86. The van der Waals surface area contributed by atoms with Crippen molar-refractivity contribution in [1.29, 1.82) is 0 Å². The Morgan fingerprint density at radius 3 is 2.45 bits per heavy atom. The molecule has 2 aliphatic carbocycles. The maximum Gasteiger partial charge on any atom is 0.0238 e. The van der Waals surface area contributed by atoms with Crippen molar-refractivity contribution in [1.82, 2.24) is 5.43 Å². The lowest BCUT2D eigenvalue weighted by Gasteiger charge is -2.42. The highest BCUT2D eigenvalue weighted by Gasteiger charge is 2.34. The predicted molar refractivity (Wildman–Crippen MR) is 87.3 cm³/mol. The second-order valence-electron chi connectivity index (χ2n) is 7.35. The van der Waals surface area contributed by atoms with E-state index in [4.69, 9.17) is 5.84 Å². The van der Waals surface area contributed by atoms with Gasteiger partial charge in [-0.3, -0.25) is 11.3 Å². The van der Waals surface area contributed by atoms with Crippen LogP contribution < -0.4 is 11.3 Å². The fraction of sp³-hybridized carbons (Fsp3) is 1.00. The minimum absolute atomic E-state index is 0.583. The van der Waals surface area contributed by atoms with Crippen LogP contribution in [0, 0.1) is 17.8 Å². The van der Waals surface area contributed by atoms with Crippen molar-refractivity contribution < 1.29 is 0 Å². The number of hydrogen-bond donors (Lipinski definition) is 2. The molecule has 0 aliphatic heterocycles. The van der Waals surface area contributed by atoms with E-state index in [0.717, 1.165) is 17.8 Å². The van der Waals surface area contributed by atoms with Gasteiger partial charge in [0.05, 0.1) is 0 Å². The SMILES string of the molecule is CCCCCCCC(NN)C1CCC2CCCCC2C1. The van der Waals surface area contributed by atoms with Crippen LogP contribution in [0.2, 0.25) is 0 Å². The first kappa shape index (κ1) is 16.3. The monoisotopic (exact) mass is 280 g/mol. The number of rotatable bonds is 8. The van der Waals surface area contributed by atoms with Crippen molar-refractivity contribution in [2.75, 3.05) is 0 Å². The van der Waals surface area contributed by atoms with Crippen LogP contribution in [-0.4, -0.2) is 6.04 Å².